The van der Waals surface area contributed by atoms with Gasteiger partial charge in [0.15, 0.2) is 0 Å². The van der Waals surface area contributed by atoms with E-state index in [1.54, 1.807) is 0 Å². The summed E-state index contributed by atoms with van der Waals surface area (Å²) in [5, 5.41) is 3.17. The zero-order chi connectivity index (χ0) is 13.9. The molecule has 1 aromatic heterocycles. The SMILES string of the molecule is CC(NC(=O)N1CC(c2ccncc2)C1)C1CCCC1. The lowest BCUT2D eigenvalue weighted by Gasteiger charge is -2.40. The highest BCUT2D eigenvalue weighted by Gasteiger charge is 2.33. The molecule has 1 N–H and O–H groups in total. The molecule has 20 heavy (non-hydrogen) atoms. The molecular formula is C16H23N3O. The minimum absolute atomic E-state index is 0.106. The first-order valence-electron chi connectivity index (χ1n) is 7.69. The monoisotopic (exact) mass is 273 g/mol. The lowest BCUT2D eigenvalue weighted by atomic mass is 9.92. The van der Waals surface area contributed by atoms with E-state index in [1.807, 2.05) is 29.4 Å². The minimum Gasteiger partial charge on any atom is -0.335 e. The van der Waals surface area contributed by atoms with Crippen LogP contribution in [-0.2, 0) is 0 Å². The summed E-state index contributed by atoms with van der Waals surface area (Å²) in [4.78, 5) is 18.1. The predicted octanol–water partition coefficient (Wildman–Crippen LogP) is 2.77. The van der Waals surface area contributed by atoms with Crippen LogP contribution in [0.1, 0.15) is 44.1 Å². The molecule has 0 bridgehead atoms. The summed E-state index contributed by atoms with van der Waals surface area (Å²) in [6, 6.07) is 4.50. The van der Waals surface area contributed by atoms with Crippen molar-refractivity contribution in [1.82, 2.24) is 15.2 Å². The van der Waals surface area contributed by atoms with Gasteiger partial charge in [-0.15, -0.1) is 0 Å². The van der Waals surface area contributed by atoms with E-state index in [0.29, 0.717) is 17.9 Å². The molecule has 2 heterocycles. The first kappa shape index (κ1) is 13.4. The Morgan fingerprint density at radius 3 is 2.60 bits per heavy atom. The van der Waals surface area contributed by atoms with Crippen molar-refractivity contribution in [3.05, 3.63) is 30.1 Å². The number of amides is 2. The number of rotatable bonds is 3. The van der Waals surface area contributed by atoms with Gasteiger partial charge in [0, 0.05) is 37.4 Å². The predicted molar refractivity (Wildman–Crippen MR) is 78.5 cm³/mol. The summed E-state index contributed by atoms with van der Waals surface area (Å²) in [5.41, 5.74) is 1.29. The molecule has 1 aromatic rings. The Kier molecular flexibility index (Phi) is 3.90. The molecule has 0 spiro atoms. The lowest BCUT2D eigenvalue weighted by Crippen LogP contribution is -2.54. The highest BCUT2D eigenvalue weighted by molar-refractivity contribution is 5.75. The smallest absolute Gasteiger partial charge is 0.317 e. The van der Waals surface area contributed by atoms with Crippen LogP contribution >= 0.6 is 0 Å². The normalized spacial score (nSPS) is 21.6. The van der Waals surface area contributed by atoms with Crippen molar-refractivity contribution in [2.45, 2.75) is 44.6 Å². The van der Waals surface area contributed by atoms with Gasteiger partial charge in [0.05, 0.1) is 0 Å². The lowest BCUT2D eigenvalue weighted by molar-refractivity contribution is 0.145. The molecule has 1 saturated heterocycles. The Morgan fingerprint density at radius 2 is 1.95 bits per heavy atom. The largest absolute Gasteiger partial charge is 0.335 e. The Bertz CT molecular complexity index is 450. The second-order valence-electron chi connectivity index (χ2n) is 6.17. The highest BCUT2D eigenvalue weighted by Crippen LogP contribution is 2.29. The molecule has 0 radical (unpaired) electrons. The van der Waals surface area contributed by atoms with Crippen LogP contribution in [0.5, 0.6) is 0 Å². The van der Waals surface area contributed by atoms with Crippen LogP contribution in [0, 0.1) is 5.92 Å². The third-order valence-electron chi connectivity index (χ3n) is 4.80. The number of hydrogen-bond donors (Lipinski definition) is 1. The molecule has 4 nitrogen and oxygen atoms in total. The van der Waals surface area contributed by atoms with E-state index >= 15 is 0 Å². The summed E-state index contributed by atoms with van der Waals surface area (Å²) in [6.45, 7) is 3.80. The molecule has 1 aliphatic carbocycles. The average molecular weight is 273 g/mol. The molecule has 2 amide bonds. The quantitative estimate of drug-likeness (QED) is 0.920. The maximum Gasteiger partial charge on any atom is 0.317 e. The Balaban J connectivity index is 1.46. The van der Waals surface area contributed by atoms with Crippen molar-refractivity contribution in [3.63, 3.8) is 0 Å². The number of carbonyl (C=O) groups is 1. The zero-order valence-corrected chi connectivity index (χ0v) is 12.1. The summed E-state index contributed by atoms with van der Waals surface area (Å²) < 4.78 is 0. The van der Waals surface area contributed by atoms with Gasteiger partial charge in [-0.05, 0) is 43.4 Å². The fourth-order valence-corrected chi connectivity index (χ4v) is 3.35. The van der Waals surface area contributed by atoms with E-state index < -0.39 is 0 Å². The van der Waals surface area contributed by atoms with Gasteiger partial charge >= 0.3 is 6.03 Å². The fraction of sp³-hybridized carbons (Fsp3) is 0.625. The molecule has 0 aromatic carbocycles. The van der Waals surface area contributed by atoms with Crippen molar-refractivity contribution in [1.29, 1.82) is 0 Å². The molecule has 3 rings (SSSR count). The molecule has 1 atom stereocenters. The second kappa shape index (κ2) is 5.81. The molecule has 1 aliphatic heterocycles. The fourth-order valence-electron chi connectivity index (χ4n) is 3.35. The van der Waals surface area contributed by atoms with Crippen molar-refractivity contribution in [3.8, 4) is 0 Å². The van der Waals surface area contributed by atoms with Crippen LogP contribution in [0.25, 0.3) is 0 Å². The van der Waals surface area contributed by atoms with Crippen LogP contribution in [0.3, 0.4) is 0 Å². The third kappa shape index (κ3) is 2.79. The Morgan fingerprint density at radius 1 is 1.30 bits per heavy atom. The summed E-state index contributed by atoms with van der Waals surface area (Å²) in [6.07, 6.45) is 8.81. The van der Waals surface area contributed by atoms with Crippen molar-refractivity contribution in [2.24, 2.45) is 5.92 Å². The highest BCUT2D eigenvalue weighted by atomic mass is 16.2. The first-order valence-corrected chi connectivity index (χ1v) is 7.69. The van der Waals surface area contributed by atoms with Gasteiger partial charge in [0.25, 0.3) is 0 Å². The molecule has 108 valence electrons. The number of aromatic nitrogens is 1. The van der Waals surface area contributed by atoms with E-state index in [2.05, 4.69) is 17.2 Å². The Hall–Kier alpha value is -1.58. The summed E-state index contributed by atoms with van der Waals surface area (Å²) in [7, 11) is 0. The molecule has 1 saturated carbocycles. The third-order valence-corrected chi connectivity index (χ3v) is 4.80. The number of nitrogens with zero attached hydrogens (tertiary/aromatic N) is 2. The number of urea groups is 1. The van der Waals surface area contributed by atoms with E-state index in [9.17, 15) is 4.79 Å². The summed E-state index contributed by atoms with van der Waals surface area (Å²) in [5.74, 6) is 1.15. The first-order chi connectivity index (χ1) is 9.74. The van der Waals surface area contributed by atoms with Crippen LogP contribution in [-0.4, -0.2) is 35.0 Å². The van der Waals surface area contributed by atoms with E-state index in [4.69, 9.17) is 0 Å². The maximum atomic E-state index is 12.2. The zero-order valence-electron chi connectivity index (χ0n) is 12.1. The number of carbonyl (C=O) groups excluding carboxylic acids is 1. The van der Waals surface area contributed by atoms with Crippen molar-refractivity contribution < 1.29 is 4.79 Å². The van der Waals surface area contributed by atoms with Crippen LogP contribution in [0.15, 0.2) is 24.5 Å². The van der Waals surface area contributed by atoms with Gasteiger partial charge < -0.3 is 10.2 Å². The van der Waals surface area contributed by atoms with Gasteiger partial charge in [0.2, 0.25) is 0 Å². The Labute approximate surface area is 120 Å². The van der Waals surface area contributed by atoms with Crippen LogP contribution < -0.4 is 5.32 Å². The van der Waals surface area contributed by atoms with E-state index in [0.717, 1.165) is 13.1 Å². The van der Waals surface area contributed by atoms with Crippen LogP contribution in [0.4, 0.5) is 4.79 Å². The number of hydrogen-bond acceptors (Lipinski definition) is 2. The van der Waals surface area contributed by atoms with E-state index in [1.165, 1.54) is 31.2 Å². The second-order valence-corrected chi connectivity index (χ2v) is 6.17. The maximum absolute atomic E-state index is 12.2. The topological polar surface area (TPSA) is 45.2 Å². The number of nitrogens with one attached hydrogen (secondary N) is 1. The average Bonchev–Trinajstić information content (AvgIpc) is 2.92. The van der Waals surface area contributed by atoms with Gasteiger partial charge in [-0.25, -0.2) is 4.79 Å². The molecule has 2 aliphatic rings. The van der Waals surface area contributed by atoms with Gasteiger partial charge in [-0.2, -0.15) is 0 Å². The number of likely N-dealkylation sites (tertiary alicyclic amines) is 1. The molecule has 4 heteroatoms. The summed E-state index contributed by atoms with van der Waals surface area (Å²) >= 11 is 0. The van der Waals surface area contributed by atoms with Crippen molar-refractivity contribution >= 4 is 6.03 Å². The minimum atomic E-state index is 0.106. The number of pyridine rings is 1. The molecule has 1 unspecified atom stereocenters. The standard InChI is InChI=1S/C16H23N3O/c1-12(13-4-2-3-5-13)18-16(20)19-10-15(11-19)14-6-8-17-9-7-14/h6-9,12-13,15H,2-5,10-11H2,1H3,(H,18,20). The molecule has 2 fully saturated rings. The van der Waals surface area contributed by atoms with E-state index in [-0.39, 0.29) is 6.03 Å². The van der Waals surface area contributed by atoms with Gasteiger partial charge in [-0.1, -0.05) is 12.8 Å². The van der Waals surface area contributed by atoms with Gasteiger partial charge in [-0.3, -0.25) is 4.98 Å². The van der Waals surface area contributed by atoms with Crippen LogP contribution in [0.2, 0.25) is 0 Å². The van der Waals surface area contributed by atoms with Crippen molar-refractivity contribution in [2.75, 3.05) is 13.1 Å². The van der Waals surface area contributed by atoms with Gasteiger partial charge in [0.1, 0.15) is 0 Å². The molecular weight excluding hydrogens is 250 g/mol.